The highest BCUT2D eigenvalue weighted by Crippen LogP contribution is 2.32. The van der Waals surface area contributed by atoms with Crippen molar-refractivity contribution in [3.8, 4) is 6.07 Å². The van der Waals surface area contributed by atoms with Crippen LogP contribution < -0.4 is 10.6 Å². The number of hydrogen-bond acceptors (Lipinski definition) is 4. The van der Waals surface area contributed by atoms with E-state index in [2.05, 4.69) is 11.0 Å². The van der Waals surface area contributed by atoms with Crippen molar-refractivity contribution in [1.29, 1.82) is 5.26 Å². The van der Waals surface area contributed by atoms with Crippen LogP contribution in [-0.4, -0.2) is 24.3 Å². The molecule has 1 aromatic carbocycles. The Bertz CT molecular complexity index is 449. The number of anilines is 2. The van der Waals surface area contributed by atoms with E-state index in [1.807, 2.05) is 12.1 Å². The Kier molecular flexibility index (Phi) is 4.06. The lowest BCUT2D eigenvalue weighted by atomic mass is 9.90. The summed E-state index contributed by atoms with van der Waals surface area (Å²) in [6, 6.07) is 8.20. The maximum Gasteiger partial charge on any atom is 0.101 e. The van der Waals surface area contributed by atoms with Crippen molar-refractivity contribution in [1.82, 2.24) is 0 Å². The summed E-state index contributed by atoms with van der Waals surface area (Å²) in [5, 5.41) is 18.2. The van der Waals surface area contributed by atoms with Gasteiger partial charge in [-0.25, -0.2) is 0 Å². The van der Waals surface area contributed by atoms with Crippen LogP contribution in [0.5, 0.6) is 0 Å². The summed E-state index contributed by atoms with van der Waals surface area (Å²) in [4.78, 5) is 2.25. The van der Waals surface area contributed by atoms with Crippen LogP contribution >= 0.6 is 0 Å². The van der Waals surface area contributed by atoms with Crippen LogP contribution in [0.1, 0.15) is 31.2 Å². The van der Waals surface area contributed by atoms with E-state index in [1.165, 1.54) is 19.3 Å². The molecule has 0 radical (unpaired) electrons. The Morgan fingerprint density at radius 3 is 2.78 bits per heavy atom. The van der Waals surface area contributed by atoms with Crippen LogP contribution in [0, 0.1) is 11.3 Å². The van der Waals surface area contributed by atoms with Gasteiger partial charge in [-0.2, -0.15) is 5.26 Å². The van der Waals surface area contributed by atoms with E-state index in [0.29, 0.717) is 17.3 Å². The van der Waals surface area contributed by atoms with Gasteiger partial charge < -0.3 is 15.7 Å². The minimum absolute atomic E-state index is 0.181. The molecule has 18 heavy (non-hydrogen) atoms. The molecule has 1 aliphatic carbocycles. The average Bonchev–Trinajstić information content (AvgIpc) is 2.32. The normalized spacial score (nSPS) is 14.9. The molecule has 1 aromatic rings. The van der Waals surface area contributed by atoms with Gasteiger partial charge in [0.1, 0.15) is 6.07 Å². The second-order valence-electron chi connectivity index (χ2n) is 4.74. The Morgan fingerprint density at radius 1 is 1.44 bits per heavy atom. The molecule has 3 N–H and O–H groups in total. The predicted octanol–water partition coefficient (Wildman–Crippen LogP) is 1.88. The van der Waals surface area contributed by atoms with E-state index in [-0.39, 0.29) is 6.61 Å². The van der Waals surface area contributed by atoms with E-state index in [9.17, 15) is 5.26 Å². The first-order valence-electron chi connectivity index (χ1n) is 6.43. The zero-order valence-corrected chi connectivity index (χ0v) is 10.5. The average molecular weight is 245 g/mol. The second kappa shape index (κ2) is 5.74. The molecule has 1 saturated carbocycles. The molecule has 4 nitrogen and oxygen atoms in total. The molecule has 1 fully saturated rings. The number of nitrogens with zero attached hydrogens (tertiary/aromatic N) is 2. The predicted molar refractivity (Wildman–Crippen MR) is 72.3 cm³/mol. The lowest BCUT2D eigenvalue weighted by Crippen LogP contribution is -2.41. The highest BCUT2D eigenvalue weighted by molar-refractivity contribution is 5.65. The fourth-order valence-corrected chi connectivity index (χ4v) is 2.33. The summed E-state index contributed by atoms with van der Waals surface area (Å²) >= 11 is 0. The highest BCUT2D eigenvalue weighted by Gasteiger charge is 2.26. The summed E-state index contributed by atoms with van der Waals surface area (Å²) in [6.45, 7) is 0.972. The van der Waals surface area contributed by atoms with Gasteiger partial charge in [-0.15, -0.1) is 0 Å². The third-order valence-corrected chi connectivity index (χ3v) is 3.52. The molecule has 0 aromatic heterocycles. The molecule has 0 amide bonds. The van der Waals surface area contributed by atoms with Crippen molar-refractivity contribution in [2.75, 3.05) is 23.8 Å². The SMILES string of the molecule is N#Cc1cc(N)ccc1N(CCCO)C1CCC1. The van der Waals surface area contributed by atoms with Gasteiger partial charge in [-0.3, -0.25) is 0 Å². The molecule has 0 saturated heterocycles. The first-order chi connectivity index (χ1) is 8.76. The van der Waals surface area contributed by atoms with Gasteiger partial charge >= 0.3 is 0 Å². The highest BCUT2D eigenvalue weighted by atomic mass is 16.3. The fraction of sp³-hybridized carbons (Fsp3) is 0.500. The summed E-state index contributed by atoms with van der Waals surface area (Å²) < 4.78 is 0. The van der Waals surface area contributed by atoms with Crippen molar-refractivity contribution in [3.63, 3.8) is 0 Å². The summed E-state index contributed by atoms with van der Waals surface area (Å²) in [5.41, 5.74) is 7.91. The number of nitriles is 1. The lowest BCUT2D eigenvalue weighted by Gasteiger charge is -2.39. The number of aliphatic hydroxyl groups excluding tert-OH is 1. The number of benzene rings is 1. The number of hydrogen-bond donors (Lipinski definition) is 2. The molecule has 0 unspecified atom stereocenters. The first-order valence-corrected chi connectivity index (χ1v) is 6.43. The smallest absolute Gasteiger partial charge is 0.101 e. The molecule has 0 bridgehead atoms. The molecule has 0 atom stereocenters. The molecule has 4 heteroatoms. The molecule has 0 heterocycles. The number of nitrogen functional groups attached to an aromatic ring is 1. The second-order valence-corrected chi connectivity index (χ2v) is 4.74. The number of rotatable bonds is 5. The Hall–Kier alpha value is -1.73. The van der Waals surface area contributed by atoms with E-state index in [4.69, 9.17) is 10.8 Å². The van der Waals surface area contributed by atoms with Crippen LogP contribution in [0.4, 0.5) is 11.4 Å². The van der Waals surface area contributed by atoms with E-state index < -0.39 is 0 Å². The van der Waals surface area contributed by atoms with E-state index in [0.717, 1.165) is 18.7 Å². The van der Waals surface area contributed by atoms with Gasteiger partial charge in [-0.1, -0.05) is 0 Å². The van der Waals surface area contributed by atoms with Crippen LogP contribution in [0.3, 0.4) is 0 Å². The quantitative estimate of drug-likeness (QED) is 0.777. The molecule has 2 rings (SSSR count). The maximum atomic E-state index is 9.21. The Labute approximate surface area is 108 Å². The van der Waals surface area contributed by atoms with Crippen molar-refractivity contribution >= 4 is 11.4 Å². The van der Waals surface area contributed by atoms with E-state index >= 15 is 0 Å². The molecule has 0 spiro atoms. The molecular formula is C14H19N3O. The van der Waals surface area contributed by atoms with Gasteiger partial charge in [-0.05, 0) is 43.9 Å². The maximum absolute atomic E-state index is 9.21. The van der Waals surface area contributed by atoms with Crippen molar-refractivity contribution in [2.24, 2.45) is 0 Å². The van der Waals surface area contributed by atoms with Crippen molar-refractivity contribution < 1.29 is 5.11 Å². The van der Waals surface area contributed by atoms with Crippen LogP contribution in [-0.2, 0) is 0 Å². The fourth-order valence-electron chi connectivity index (χ4n) is 2.33. The van der Waals surface area contributed by atoms with Gasteiger partial charge in [0, 0.05) is 24.9 Å². The molecule has 1 aliphatic rings. The summed E-state index contributed by atoms with van der Waals surface area (Å²) in [5.74, 6) is 0. The summed E-state index contributed by atoms with van der Waals surface area (Å²) in [7, 11) is 0. The number of aliphatic hydroxyl groups is 1. The zero-order valence-electron chi connectivity index (χ0n) is 10.5. The first kappa shape index (κ1) is 12.7. The largest absolute Gasteiger partial charge is 0.399 e. The van der Waals surface area contributed by atoms with Crippen molar-refractivity contribution in [2.45, 2.75) is 31.7 Å². The van der Waals surface area contributed by atoms with E-state index in [1.54, 1.807) is 6.07 Å². The molecule has 96 valence electrons. The Morgan fingerprint density at radius 2 is 2.22 bits per heavy atom. The van der Waals surface area contributed by atoms with Crippen LogP contribution in [0.25, 0.3) is 0 Å². The third-order valence-electron chi connectivity index (χ3n) is 3.52. The van der Waals surface area contributed by atoms with Gasteiger partial charge in [0.05, 0.1) is 11.3 Å². The minimum Gasteiger partial charge on any atom is -0.399 e. The monoisotopic (exact) mass is 245 g/mol. The van der Waals surface area contributed by atoms with Crippen LogP contribution in [0.2, 0.25) is 0 Å². The Balaban J connectivity index is 2.26. The zero-order chi connectivity index (χ0) is 13.0. The number of nitrogens with two attached hydrogens (primary N) is 1. The topological polar surface area (TPSA) is 73.3 Å². The van der Waals surface area contributed by atoms with Gasteiger partial charge in [0.25, 0.3) is 0 Å². The van der Waals surface area contributed by atoms with Gasteiger partial charge in [0.15, 0.2) is 0 Å². The van der Waals surface area contributed by atoms with Crippen LogP contribution in [0.15, 0.2) is 18.2 Å². The van der Waals surface area contributed by atoms with Crippen molar-refractivity contribution in [3.05, 3.63) is 23.8 Å². The summed E-state index contributed by atoms with van der Waals surface area (Å²) in [6.07, 6.45) is 4.31. The molecule has 0 aliphatic heterocycles. The standard InChI is InChI=1S/C14H19N3O/c15-10-11-9-12(16)5-6-14(11)17(7-2-8-18)13-3-1-4-13/h5-6,9,13,18H,1-4,7-8,16H2. The molecular weight excluding hydrogens is 226 g/mol. The van der Waals surface area contributed by atoms with Gasteiger partial charge in [0.2, 0.25) is 0 Å². The minimum atomic E-state index is 0.181. The lowest BCUT2D eigenvalue weighted by molar-refractivity contribution is 0.283. The third kappa shape index (κ3) is 2.57.